The molecule has 1 aliphatic heterocycles. The van der Waals surface area contributed by atoms with Crippen LogP contribution in [-0.4, -0.2) is 41.4 Å². The zero-order valence-electron chi connectivity index (χ0n) is 25.1. The normalized spacial score (nSPS) is 17.0. The number of carbonyl (C=O) groups excluding carboxylic acids is 3. The summed E-state index contributed by atoms with van der Waals surface area (Å²) in [5.74, 6) is 3.87. The van der Waals surface area contributed by atoms with Crippen LogP contribution in [0.4, 0.5) is 0 Å². The number of Topliss-reactive ketones (excluding diaryl/α,β-unsaturated/α-hetero) is 2. The second-order valence-corrected chi connectivity index (χ2v) is 10.5. The van der Waals surface area contributed by atoms with Gasteiger partial charge in [0.1, 0.15) is 51.9 Å². The molecule has 2 aromatic carbocycles. The monoisotopic (exact) mass is 573 g/mol. The number of carbonyl (C=O) groups is 3. The Morgan fingerprint density at radius 3 is 2.29 bits per heavy atom. The highest BCUT2D eigenvalue weighted by Gasteiger charge is 2.55. The van der Waals surface area contributed by atoms with Crippen molar-refractivity contribution < 1.29 is 38.8 Å². The maximum absolute atomic E-state index is 13.7. The fourth-order valence-electron chi connectivity index (χ4n) is 5.60. The van der Waals surface area contributed by atoms with Crippen molar-refractivity contribution >= 4 is 17.5 Å². The number of fused-ring (bicyclic) bond motifs is 3. The van der Waals surface area contributed by atoms with Gasteiger partial charge in [-0.3, -0.25) is 14.4 Å². The fraction of sp³-hybridized carbons (Fsp3) is 0.364. The highest BCUT2D eigenvalue weighted by molar-refractivity contribution is 6.25. The molecule has 0 saturated heterocycles. The number of methoxy groups -OCH3 is 1. The Morgan fingerprint density at radius 1 is 1.07 bits per heavy atom. The molecule has 0 saturated carbocycles. The molecule has 42 heavy (non-hydrogen) atoms. The third kappa shape index (κ3) is 4.67. The van der Waals surface area contributed by atoms with Crippen molar-refractivity contribution in [3.63, 3.8) is 0 Å². The van der Waals surface area contributed by atoms with E-state index in [0.29, 0.717) is 0 Å². The average molecular weight is 574 g/mol. The number of aromatic hydroxyl groups is 1. The first-order valence-electron chi connectivity index (χ1n) is 13.6. The van der Waals surface area contributed by atoms with Crippen LogP contribution in [0, 0.1) is 39.5 Å². The van der Waals surface area contributed by atoms with Gasteiger partial charge >= 0.3 is 0 Å². The van der Waals surface area contributed by atoms with E-state index in [2.05, 4.69) is 17.2 Å². The third-order valence-corrected chi connectivity index (χ3v) is 8.16. The molecule has 9 heteroatoms. The lowest BCUT2D eigenvalue weighted by Crippen LogP contribution is -2.38. The number of aliphatic hydroxyl groups is 1. The Kier molecular flexibility index (Phi) is 8.13. The van der Waals surface area contributed by atoms with Crippen LogP contribution in [0.5, 0.6) is 23.0 Å². The molecule has 0 unspecified atom stereocenters. The lowest BCUT2D eigenvalue weighted by molar-refractivity contribution is -0.123. The largest absolute Gasteiger partial charge is 0.507 e. The number of nitrogens with one attached hydrogen (secondary N) is 1. The molecule has 0 aromatic heterocycles. The summed E-state index contributed by atoms with van der Waals surface area (Å²) in [4.78, 5) is 39.4. The Bertz CT molecular complexity index is 1640. The first kappa shape index (κ1) is 30.3. The number of ether oxygens (including phenoxy) is 3. The van der Waals surface area contributed by atoms with Crippen molar-refractivity contribution in [2.75, 3.05) is 13.7 Å². The summed E-state index contributed by atoms with van der Waals surface area (Å²) in [5, 5.41) is 24.3. The van der Waals surface area contributed by atoms with Gasteiger partial charge in [0.25, 0.3) is 5.91 Å². The summed E-state index contributed by atoms with van der Waals surface area (Å²) >= 11 is 0. The number of benzene rings is 2. The lowest BCUT2D eigenvalue weighted by Gasteiger charge is -2.27. The van der Waals surface area contributed by atoms with Gasteiger partial charge in [-0.05, 0) is 69.4 Å². The minimum absolute atomic E-state index is 0.0141. The predicted octanol–water partition coefficient (Wildman–Crippen LogP) is 4.87. The van der Waals surface area contributed by atoms with Crippen LogP contribution >= 0.6 is 0 Å². The van der Waals surface area contributed by atoms with Crippen LogP contribution in [0.2, 0.25) is 0 Å². The van der Waals surface area contributed by atoms with Gasteiger partial charge in [0.15, 0.2) is 17.3 Å². The molecule has 1 heterocycles. The minimum Gasteiger partial charge on any atom is -0.507 e. The second kappa shape index (κ2) is 11.3. The third-order valence-electron chi connectivity index (χ3n) is 8.16. The van der Waals surface area contributed by atoms with Gasteiger partial charge in [-0.25, -0.2) is 0 Å². The summed E-state index contributed by atoms with van der Waals surface area (Å²) in [6.07, 6.45) is 1.92. The van der Waals surface area contributed by atoms with Gasteiger partial charge in [-0.1, -0.05) is 12.8 Å². The van der Waals surface area contributed by atoms with Gasteiger partial charge in [-0.2, -0.15) is 0 Å². The van der Waals surface area contributed by atoms with Crippen molar-refractivity contribution in [2.24, 2.45) is 0 Å². The van der Waals surface area contributed by atoms with Crippen molar-refractivity contribution in [3.05, 3.63) is 68.2 Å². The van der Waals surface area contributed by atoms with Crippen molar-refractivity contribution in [2.45, 2.75) is 66.8 Å². The summed E-state index contributed by atoms with van der Waals surface area (Å²) < 4.78 is 17.4. The number of aliphatic hydroxyl groups excluding tert-OH is 1. The zero-order chi connectivity index (χ0) is 31.1. The number of hydrogen-bond donors (Lipinski definition) is 3. The first-order chi connectivity index (χ1) is 19.8. The molecule has 2 aliphatic rings. The van der Waals surface area contributed by atoms with Crippen molar-refractivity contribution in [3.8, 4) is 34.8 Å². The first-order valence-corrected chi connectivity index (χ1v) is 13.6. The number of ketones is 2. The molecule has 220 valence electrons. The van der Waals surface area contributed by atoms with Gasteiger partial charge in [0, 0.05) is 25.1 Å². The lowest BCUT2D eigenvalue weighted by atomic mass is 9.71. The van der Waals surface area contributed by atoms with Crippen molar-refractivity contribution in [1.29, 1.82) is 0 Å². The second-order valence-electron chi connectivity index (χ2n) is 10.5. The molecule has 1 aliphatic carbocycles. The van der Waals surface area contributed by atoms with E-state index in [4.69, 9.17) is 14.2 Å². The van der Waals surface area contributed by atoms with Crippen LogP contribution in [0.1, 0.15) is 70.9 Å². The predicted molar refractivity (Wildman–Crippen MR) is 156 cm³/mol. The van der Waals surface area contributed by atoms with E-state index in [1.165, 1.54) is 33.1 Å². The SMILES string of the molecule is CCC#CCOc1c(C)c(C)c(CNC(=O)c2c(OC)cc(O)c3c2OC2=CC(O)=C(C(C)=O)C(=O)[C@]23C)c(C)c1C. The van der Waals surface area contributed by atoms with E-state index < -0.39 is 34.2 Å². The molecule has 0 fully saturated rings. The molecule has 0 bridgehead atoms. The van der Waals surface area contributed by atoms with Gasteiger partial charge in [-0.15, -0.1) is 5.92 Å². The minimum atomic E-state index is -1.63. The number of phenolic OH excluding ortho intramolecular Hbond substituents is 1. The van der Waals surface area contributed by atoms with Crippen LogP contribution in [0.3, 0.4) is 0 Å². The maximum atomic E-state index is 13.7. The molecule has 9 nitrogen and oxygen atoms in total. The number of phenols is 1. The highest BCUT2D eigenvalue weighted by Crippen LogP contribution is 2.56. The van der Waals surface area contributed by atoms with Gasteiger partial charge in [0.05, 0.1) is 12.7 Å². The molecule has 0 radical (unpaired) electrons. The van der Waals surface area contributed by atoms with Crippen LogP contribution in [-0.2, 0) is 21.5 Å². The summed E-state index contributed by atoms with van der Waals surface area (Å²) in [7, 11) is 1.35. The summed E-state index contributed by atoms with van der Waals surface area (Å²) in [6, 6.07) is 1.24. The van der Waals surface area contributed by atoms with E-state index in [9.17, 15) is 24.6 Å². The smallest absolute Gasteiger partial charge is 0.259 e. The van der Waals surface area contributed by atoms with E-state index in [0.717, 1.165) is 40.0 Å². The van der Waals surface area contributed by atoms with Crippen LogP contribution < -0.4 is 19.5 Å². The van der Waals surface area contributed by atoms with E-state index in [1.54, 1.807) is 0 Å². The average Bonchev–Trinajstić information content (AvgIpc) is 3.24. The topological polar surface area (TPSA) is 131 Å². The maximum Gasteiger partial charge on any atom is 0.259 e. The zero-order valence-corrected chi connectivity index (χ0v) is 25.1. The number of rotatable bonds is 7. The number of amides is 1. The Hall–Kier alpha value is -4.71. The molecule has 2 aromatic rings. The standard InChI is InChI=1S/C33H35NO8/c1-9-10-11-12-41-29-18(4)16(2)21(17(3)19(29)5)15-34-32(39)27-24(40-8)13-23(37)28-30(27)42-25-14-22(36)26(20(6)35)31(38)33(25,28)7/h13-14,36-37H,9,12,15H2,1-8H3,(H,34,39)/t33-/m1/s1. The molecule has 4 rings (SSSR count). The molecule has 1 atom stereocenters. The molecular weight excluding hydrogens is 538 g/mol. The van der Waals surface area contributed by atoms with E-state index in [1.807, 2.05) is 34.6 Å². The molecule has 0 spiro atoms. The number of hydrogen-bond acceptors (Lipinski definition) is 8. The van der Waals surface area contributed by atoms with Crippen molar-refractivity contribution in [1.82, 2.24) is 5.32 Å². The quantitative estimate of drug-likeness (QED) is 0.316. The van der Waals surface area contributed by atoms with Crippen LogP contribution in [0.15, 0.2) is 29.2 Å². The molecule has 1 amide bonds. The molecular formula is C33H35NO8. The van der Waals surface area contributed by atoms with Gasteiger partial charge in [0.2, 0.25) is 0 Å². The Morgan fingerprint density at radius 2 is 1.71 bits per heavy atom. The Balaban J connectivity index is 1.72. The number of allylic oxidation sites excluding steroid dienone is 3. The summed E-state index contributed by atoms with van der Waals surface area (Å²) in [5.41, 5.74) is 2.68. The molecule has 3 N–H and O–H groups in total. The van der Waals surface area contributed by atoms with E-state index in [-0.39, 0.29) is 47.3 Å². The summed E-state index contributed by atoms with van der Waals surface area (Å²) in [6.45, 7) is 12.9. The van der Waals surface area contributed by atoms with Gasteiger partial charge < -0.3 is 29.7 Å². The van der Waals surface area contributed by atoms with Crippen LogP contribution in [0.25, 0.3) is 0 Å². The fourth-order valence-corrected chi connectivity index (χ4v) is 5.60. The Labute approximate surface area is 245 Å². The van der Waals surface area contributed by atoms with E-state index >= 15 is 0 Å². The highest BCUT2D eigenvalue weighted by atomic mass is 16.5.